The van der Waals surface area contributed by atoms with Gasteiger partial charge < -0.3 is 4.90 Å². The fraction of sp³-hybridized carbons (Fsp3) is 0.556. The van der Waals surface area contributed by atoms with Crippen LogP contribution in [0, 0.1) is 5.92 Å². The van der Waals surface area contributed by atoms with Crippen molar-refractivity contribution in [2.45, 2.75) is 36.6 Å². The van der Waals surface area contributed by atoms with Crippen LogP contribution >= 0.6 is 23.5 Å². The third-order valence-electron chi connectivity index (χ3n) is 5.09. The molecule has 0 aliphatic carbocycles. The summed E-state index contributed by atoms with van der Waals surface area (Å²) in [6, 6.07) is 10.8. The third-order valence-corrected chi connectivity index (χ3v) is 6.82. The Morgan fingerprint density at radius 3 is 2.96 bits per heavy atom. The van der Waals surface area contributed by atoms with Crippen LogP contribution in [0.5, 0.6) is 0 Å². The van der Waals surface area contributed by atoms with Crippen molar-refractivity contribution >= 4 is 23.5 Å². The van der Waals surface area contributed by atoms with Crippen LogP contribution < -0.4 is 0 Å². The van der Waals surface area contributed by atoms with Crippen LogP contribution in [0.1, 0.15) is 36.4 Å². The molecular formula is C18H23N3S2. The summed E-state index contributed by atoms with van der Waals surface area (Å²) in [5.41, 5.74) is 2.73. The highest BCUT2D eigenvalue weighted by Gasteiger charge is 2.38. The van der Waals surface area contributed by atoms with E-state index in [1.807, 2.05) is 11.8 Å². The van der Waals surface area contributed by atoms with Crippen LogP contribution in [0.25, 0.3) is 0 Å². The Labute approximate surface area is 146 Å². The summed E-state index contributed by atoms with van der Waals surface area (Å²) in [6.45, 7) is 3.76. The lowest BCUT2D eigenvalue weighted by molar-refractivity contribution is 0.269. The van der Waals surface area contributed by atoms with Gasteiger partial charge in [-0.3, -0.25) is 0 Å². The minimum absolute atomic E-state index is 0.632. The van der Waals surface area contributed by atoms with Gasteiger partial charge in [-0.05, 0) is 49.5 Å². The van der Waals surface area contributed by atoms with E-state index in [1.54, 1.807) is 0 Å². The third kappa shape index (κ3) is 3.62. The van der Waals surface area contributed by atoms with Gasteiger partial charge in [0.1, 0.15) is 5.03 Å². The van der Waals surface area contributed by atoms with E-state index in [0.29, 0.717) is 5.92 Å². The van der Waals surface area contributed by atoms with Crippen LogP contribution in [-0.4, -0.2) is 39.0 Å². The van der Waals surface area contributed by atoms with E-state index in [0.717, 1.165) is 18.1 Å². The Kier molecular flexibility index (Phi) is 4.97. The second-order valence-electron chi connectivity index (χ2n) is 6.66. The standard InChI is InChI=1S/C18H23N3S2/c1-2-6-14(7-3-1)8-5-11-22-18-17(19-23-20-18)16-13-21-10-4-9-15(16)12-21/h1-3,6-7,15-16H,4-5,8-13H2/t15-,16-/m0/s1. The smallest absolute Gasteiger partial charge is 0.134 e. The molecule has 3 heterocycles. The van der Waals surface area contributed by atoms with E-state index in [2.05, 4.69) is 44.0 Å². The number of thioether (sulfide) groups is 1. The average Bonchev–Trinajstić information content (AvgIpc) is 3.16. The molecule has 3 nitrogen and oxygen atoms in total. The van der Waals surface area contributed by atoms with Crippen molar-refractivity contribution < 1.29 is 0 Å². The molecule has 1 aromatic heterocycles. The highest BCUT2D eigenvalue weighted by Crippen LogP contribution is 2.41. The first kappa shape index (κ1) is 15.6. The summed E-state index contributed by atoms with van der Waals surface area (Å²) in [4.78, 5) is 2.61. The van der Waals surface area contributed by atoms with Crippen LogP contribution in [0.2, 0.25) is 0 Å². The summed E-state index contributed by atoms with van der Waals surface area (Å²) >= 11 is 3.31. The van der Waals surface area contributed by atoms with E-state index >= 15 is 0 Å². The monoisotopic (exact) mass is 345 g/mol. The van der Waals surface area contributed by atoms with Crippen LogP contribution in [0.4, 0.5) is 0 Å². The number of fused-ring (bicyclic) bond motifs is 2. The molecule has 0 saturated carbocycles. The fourth-order valence-electron chi connectivity index (χ4n) is 3.93. The molecule has 23 heavy (non-hydrogen) atoms. The molecular weight excluding hydrogens is 322 g/mol. The van der Waals surface area contributed by atoms with E-state index < -0.39 is 0 Å². The number of nitrogens with zero attached hydrogens (tertiary/aromatic N) is 3. The molecule has 2 aliphatic heterocycles. The second kappa shape index (κ2) is 7.32. The summed E-state index contributed by atoms with van der Waals surface area (Å²) in [5, 5.41) is 1.21. The number of piperidine rings is 1. The van der Waals surface area contributed by atoms with E-state index in [4.69, 9.17) is 0 Å². The number of benzene rings is 1. The Balaban J connectivity index is 1.33. The second-order valence-corrected chi connectivity index (χ2v) is 8.27. The summed E-state index contributed by atoms with van der Waals surface area (Å²) in [7, 11) is 0. The van der Waals surface area contributed by atoms with Crippen LogP contribution in [0.3, 0.4) is 0 Å². The fourth-order valence-corrected chi connectivity index (χ4v) is 5.64. The lowest BCUT2D eigenvalue weighted by Gasteiger charge is -2.21. The number of rotatable bonds is 6. The van der Waals surface area contributed by atoms with Gasteiger partial charge in [-0.2, -0.15) is 8.75 Å². The molecule has 0 N–H and O–H groups in total. The Bertz CT molecular complexity index is 628. The van der Waals surface area contributed by atoms with Crippen molar-refractivity contribution in [1.82, 2.24) is 13.6 Å². The molecule has 4 rings (SSSR count). The number of aryl methyl sites for hydroxylation is 1. The van der Waals surface area contributed by atoms with Crippen molar-refractivity contribution in [3.63, 3.8) is 0 Å². The quantitative estimate of drug-likeness (QED) is 0.583. The van der Waals surface area contributed by atoms with Gasteiger partial charge in [-0.1, -0.05) is 30.3 Å². The molecule has 2 fully saturated rings. The van der Waals surface area contributed by atoms with Crippen LogP contribution in [0.15, 0.2) is 35.4 Å². The molecule has 2 saturated heterocycles. The van der Waals surface area contributed by atoms with Gasteiger partial charge >= 0.3 is 0 Å². The van der Waals surface area contributed by atoms with Crippen molar-refractivity contribution in [3.05, 3.63) is 41.6 Å². The maximum atomic E-state index is 4.68. The number of hydrogen-bond donors (Lipinski definition) is 0. The minimum Gasteiger partial charge on any atom is -0.302 e. The predicted octanol–water partition coefficient (Wildman–Crippen LogP) is 4.07. The molecule has 2 bridgehead atoms. The van der Waals surface area contributed by atoms with Crippen molar-refractivity contribution in [3.8, 4) is 0 Å². The lowest BCUT2D eigenvalue weighted by Crippen LogP contribution is -2.25. The summed E-state index contributed by atoms with van der Waals surface area (Å²) in [5.74, 6) is 2.58. The average molecular weight is 346 g/mol. The van der Waals surface area contributed by atoms with Gasteiger partial charge in [0.2, 0.25) is 0 Å². The molecule has 2 aromatic rings. The van der Waals surface area contributed by atoms with Gasteiger partial charge in [0.05, 0.1) is 17.4 Å². The van der Waals surface area contributed by atoms with Gasteiger partial charge in [-0.15, -0.1) is 11.8 Å². The van der Waals surface area contributed by atoms with Gasteiger partial charge in [-0.25, -0.2) is 0 Å². The SMILES string of the molecule is c1ccc(CCCSc2nsnc2[C@H]2CN3CCC[C@H]2C3)cc1. The first-order valence-corrected chi connectivity index (χ1v) is 10.3. The Hall–Kier alpha value is -0.910. The van der Waals surface area contributed by atoms with E-state index in [1.165, 1.54) is 66.9 Å². The van der Waals surface area contributed by atoms with Crippen molar-refractivity contribution in [2.75, 3.05) is 25.4 Å². The number of hydrogen-bond acceptors (Lipinski definition) is 5. The molecule has 2 aliphatic rings. The summed E-state index contributed by atoms with van der Waals surface area (Å²) in [6.07, 6.45) is 5.08. The zero-order valence-corrected chi connectivity index (χ0v) is 15.0. The van der Waals surface area contributed by atoms with Crippen LogP contribution in [-0.2, 0) is 6.42 Å². The molecule has 0 amide bonds. The van der Waals surface area contributed by atoms with Crippen molar-refractivity contribution in [1.29, 1.82) is 0 Å². The maximum Gasteiger partial charge on any atom is 0.134 e. The lowest BCUT2D eigenvalue weighted by atomic mass is 9.89. The van der Waals surface area contributed by atoms with Crippen molar-refractivity contribution in [2.24, 2.45) is 5.92 Å². The molecule has 122 valence electrons. The van der Waals surface area contributed by atoms with Gasteiger partial charge in [0.25, 0.3) is 0 Å². The normalized spacial score (nSPS) is 26.5. The highest BCUT2D eigenvalue weighted by atomic mass is 32.2. The zero-order valence-electron chi connectivity index (χ0n) is 13.4. The number of aromatic nitrogens is 2. The van der Waals surface area contributed by atoms with Gasteiger partial charge in [0.15, 0.2) is 0 Å². The predicted molar refractivity (Wildman–Crippen MR) is 97.3 cm³/mol. The Morgan fingerprint density at radius 2 is 2.09 bits per heavy atom. The molecule has 1 unspecified atom stereocenters. The molecule has 1 aromatic carbocycles. The van der Waals surface area contributed by atoms with E-state index in [-0.39, 0.29) is 0 Å². The molecule has 0 spiro atoms. The van der Waals surface area contributed by atoms with Gasteiger partial charge in [0, 0.05) is 19.0 Å². The maximum absolute atomic E-state index is 4.68. The summed E-state index contributed by atoms with van der Waals surface area (Å²) < 4.78 is 9.27. The first-order valence-electron chi connectivity index (χ1n) is 8.61. The molecule has 0 radical (unpaired) electrons. The Morgan fingerprint density at radius 1 is 1.17 bits per heavy atom. The molecule has 3 atom stereocenters. The topological polar surface area (TPSA) is 29.0 Å². The minimum atomic E-state index is 0.632. The van der Waals surface area contributed by atoms with E-state index in [9.17, 15) is 0 Å². The zero-order chi connectivity index (χ0) is 15.5. The highest BCUT2D eigenvalue weighted by molar-refractivity contribution is 7.99. The molecule has 5 heteroatoms. The largest absolute Gasteiger partial charge is 0.302 e. The first-order chi connectivity index (χ1) is 11.4.